The number of methoxy groups -OCH3 is 2. The molecule has 1 N–H and O–H groups in total. The van der Waals surface area contributed by atoms with E-state index in [4.69, 9.17) is 9.47 Å². The largest absolute Gasteiger partial charge is 0.493 e. The molecule has 0 radical (unpaired) electrons. The summed E-state index contributed by atoms with van der Waals surface area (Å²) in [5.74, 6) is -0.493. The third kappa shape index (κ3) is 3.93. The number of nitrogens with one attached hydrogen (secondary N) is 1. The van der Waals surface area contributed by atoms with Crippen LogP contribution >= 0.6 is 0 Å². The average Bonchev–Trinajstić information content (AvgIpc) is 2.76. The van der Waals surface area contributed by atoms with Crippen LogP contribution in [0.3, 0.4) is 0 Å². The van der Waals surface area contributed by atoms with E-state index in [2.05, 4.69) is 15.3 Å². The first-order valence-corrected chi connectivity index (χ1v) is 9.57. The Morgan fingerprint density at radius 3 is 2.26 bits per heavy atom. The van der Waals surface area contributed by atoms with E-state index in [1.807, 2.05) is 49.4 Å². The van der Waals surface area contributed by atoms with E-state index in [0.29, 0.717) is 11.1 Å². The quantitative estimate of drug-likeness (QED) is 0.424. The van der Waals surface area contributed by atoms with Crippen molar-refractivity contribution in [3.05, 3.63) is 66.0 Å². The van der Waals surface area contributed by atoms with Gasteiger partial charge in [-0.15, -0.1) is 0 Å². The molecule has 0 aliphatic carbocycles. The minimum Gasteiger partial charge on any atom is -0.493 e. The number of hydrogen-bond acceptors (Lipinski definition) is 5. The van der Waals surface area contributed by atoms with Crippen LogP contribution < -0.4 is 14.8 Å². The Morgan fingerprint density at radius 2 is 1.55 bits per heavy atom. The Kier molecular flexibility index (Phi) is 5.31. The van der Waals surface area contributed by atoms with Crippen molar-refractivity contribution in [3.63, 3.8) is 0 Å². The van der Waals surface area contributed by atoms with Crippen LogP contribution in [0.25, 0.3) is 21.7 Å². The maximum absolute atomic E-state index is 13.5. The Morgan fingerprint density at radius 1 is 0.871 bits per heavy atom. The molecule has 0 unspecified atom stereocenters. The lowest BCUT2D eigenvalue weighted by Crippen LogP contribution is -2.15. The molecule has 0 saturated carbocycles. The molecule has 0 saturated heterocycles. The molecule has 0 amide bonds. The molecular weight excluding hydrogens is 407 g/mol. The molecule has 160 valence electrons. The van der Waals surface area contributed by atoms with E-state index >= 15 is 0 Å². The summed E-state index contributed by atoms with van der Waals surface area (Å²) in [4.78, 5) is 7.51. The highest BCUT2D eigenvalue weighted by Crippen LogP contribution is 2.38. The van der Waals surface area contributed by atoms with Gasteiger partial charge in [0.25, 0.3) is 0 Å². The van der Waals surface area contributed by atoms with E-state index in [-0.39, 0.29) is 23.1 Å². The molecule has 4 aromatic rings. The Bertz CT molecular complexity index is 1250. The fourth-order valence-corrected chi connectivity index (χ4v) is 3.60. The summed E-state index contributed by atoms with van der Waals surface area (Å²) in [6, 6.07) is 16.4. The lowest BCUT2D eigenvalue weighted by Gasteiger charge is -2.20. The van der Waals surface area contributed by atoms with E-state index in [1.54, 1.807) is 6.07 Å². The van der Waals surface area contributed by atoms with Crippen molar-refractivity contribution in [3.8, 4) is 11.5 Å². The lowest BCUT2D eigenvalue weighted by atomic mass is 9.99. The predicted molar refractivity (Wildman–Crippen MR) is 114 cm³/mol. The number of ether oxygens (including phenoxy) is 2. The third-order valence-corrected chi connectivity index (χ3v) is 5.10. The van der Waals surface area contributed by atoms with Gasteiger partial charge in [0.15, 0.2) is 11.5 Å². The topological polar surface area (TPSA) is 56.3 Å². The zero-order valence-corrected chi connectivity index (χ0v) is 17.1. The normalized spacial score (nSPS) is 12.7. The van der Waals surface area contributed by atoms with Crippen LogP contribution in [-0.2, 0) is 6.18 Å². The molecule has 8 heteroatoms. The van der Waals surface area contributed by atoms with Gasteiger partial charge in [-0.05, 0) is 29.3 Å². The number of anilines is 1. The van der Waals surface area contributed by atoms with Crippen LogP contribution in [0, 0.1) is 0 Å². The first-order chi connectivity index (χ1) is 14.8. The molecule has 1 heterocycles. The highest BCUT2D eigenvalue weighted by molar-refractivity contribution is 5.92. The van der Waals surface area contributed by atoms with E-state index < -0.39 is 12.0 Å². The molecule has 0 aliphatic heterocycles. The Balaban J connectivity index is 1.86. The lowest BCUT2D eigenvalue weighted by molar-refractivity contribution is -0.144. The first kappa shape index (κ1) is 20.7. The maximum Gasteiger partial charge on any atom is 0.451 e. The van der Waals surface area contributed by atoms with Crippen molar-refractivity contribution in [2.45, 2.75) is 19.1 Å². The van der Waals surface area contributed by atoms with E-state index in [9.17, 15) is 13.2 Å². The molecule has 0 fully saturated rings. The second-order valence-electron chi connectivity index (χ2n) is 7.05. The first-order valence-electron chi connectivity index (χ1n) is 9.57. The summed E-state index contributed by atoms with van der Waals surface area (Å²) in [5.41, 5.74) is 1.05. The van der Waals surface area contributed by atoms with Gasteiger partial charge in [-0.3, -0.25) is 0 Å². The zero-order chi connectivity index (χ0) is 22.2. The van der Waals surface area contributed by atoms with Crippen LogP contribution in [0.4, 0.5) is 19.0 Å². The molecular formula is C23H20F3N3O2. The molecule has 5 nitrogen and oxygen atoms in total. The second kappa shape index (κ2) is 7.94. The van der Waals surface area contributed by atoms with Gasteiger partial charge < -0.3 is 14.8 Å². The highest BCUT2D eigenvalue weighted by Gasteiger charge is 2.36. The van der Waals surface area contributed by atoms with Gasteiger partial charge in [-0.2, -0.15) is 13.2 Å². The number of rotatable bonds is 5. The molecule has 1 aromatic heterocycles. The van der Waals surface area contributed by atoms with Gasteiger partial charge in [0.05, 0.1) is 25.8 Å². The van der Waals surface area contributed by atoms with Gasteiger partial charge in [0.1, 0.15) is 5.82 Å². The van der Waals surface area contributed by atoms with Crippen molar-refractivity contribution in [2.75, 3.05) is 19.5 Å². The number of alkyl halides is 3. The predicted octanol–water partition coefficient (Wildman–Crippen LogP) is 5.99. The van der Waals surface area contributed by atoms with Crippen molar-refractivity contribution < 1.29 is 22.6 Å². The molecule has 0 aliphatic rings. The minimum absolute atomic E-state index is 0.0683. The van der Waals surface area contributed by atoms with Gasteiger partial charge >= 0.3 is 6.18 Å². The summed E-state index contributed by atoms with van der Waals surface area (Å²) in [6.45, 7) is 1.88. The van der Waals surface area contributed by atoms with Crippen molar-refractivity contribution in [1.82, 2.24) is 9.97 Å². The number of fused-ring (bicyclic) bond motifs is 2. The fourth-order valence-electron chi connectivity index (χ4n) is 3.60. The Hall–Kier alpha value is -3.55. The van der Waals surface area contributed by atoms with E-state index in [0.717, 1.165) is 16.3 Å². The summed E-state index contributed by atoms with van der Waals surface area (Å²) in [6.07, 6.45) is -4.69. The SMILES string of the molecule is COc1cc2nc(C(F)(F)F)nc(N[C@H](C)c3cccc4ccccc34)c2cc1OC. The van der Waals surface area contributed by atoms with Gasteiger partial charge in [0.2, 0.25) is 5.82 Å². The maximum atomic E-state index is 13.5. The smallest absolute Gasteiger partial charge is 0.451 e. The number of nitrogens with zero attached hydrogens (tertiary/aromatic N) is 2. The Labute approximate surface area is 176 Å². The molecule has 0 spiro atoms. The van der Waals surface area contributed by atoms with Crippen LogP contribution in [0.5, 0.6) is 11.5 Å². The minimum atomic E-state index is -4.69. The summed E-state index contributed by atoms with van der Waals surface area (Å²) < 4.78 is 51.0. The summed E-state index contributed by atoms with van der Waals surface area (Å²) in [7, 11) is 2.87. The molecule has 0 bridgehead atoms. The zero-order valence-electron chi connectivity index (χ0n) is 17.1. The van der Waals surface area contributed by atoms with Crippen LogP contribution in [-0.4, -0.2) is 24.2 Å². The van der Waals surface area contributed by atoms with Crippen molar-refractivity contribution in [2.24, 2.45) is 0 Å². The standard InChI is InChI=1S/C23H20F3N3O2/c1-13(15-10-6-8-14-7-4-5-9-16(14)15)27-21-17-11-19(30-2)20(31-3)12-18(17)28-22(29-21)23(24,25)26/h4-13H,1-3H3,(H,27,28,29)/t13-/m1/s1. The highest BCUT2D eigenvalue weighted by atomic mass is 19.4. The number of halogens is 3. The molecule has 31 heavy (non-hydrogen) atoms. The number of hydrogen-bond donors (Lipinski definition) is 1. The monoisotopic (exact) mass is 427 g/mol. The summed E-state index contributed by atoms with van der Waals surface area (Å²) >= 11 is 0. The van der Waals surface area contributed by atoms with E-state index in [1.165, 1.54) is 20.3 Å². The van der Waals surface area contributed by atoms with Crippen molar-refractivity contribution in [1.29, 1.82) is 0 Å². The second-order valence-corrected chi connectivity index (χ2v) is 7.05. The van der Waals surface area contributed by atoms with Gasteiger partial charge in [-0.25, -0.2) is 9.97 Å². The van der Waals surface area contributed by atoms with Crippen LogP contribution in [0.1, 0.15) is 24.4 Å². The number of benzene rings is 3. The molecule has 3 aromatic carbocycles. The molecule has 1 atom stereocenters. The third-order valence-electron chi connectivity index (χ3n) is 5.10. The average molecular weight is 427 g/mol. The van der Waals surface area contributed by atoms with Crippen LogP contribution in [0.15, 0.2) is 54.6 Å². The summed E-state index contributed by atoms with van der Waals surface area (Å²) in [5, 5.41) is 5.61. The van der Waals surface area contributed by atoms with Gasteiger partial charge in [-0.1, -0.05) is 42.5 Å². The van der Waals surface area contributed by atoms with Crippen molar-refractivity contribution >= 4 is 27.5 Å². The van der Waals surface area contributed by atoms with Gasteiger partial charge in [0, 0.05) is 11.5 Å². The number of aromatic nitrogens is 2. The molecule has 4 rings (SSSR count). The fraction of sp³-hybridized carbons (Fsp3) is 0.217. The van der Waals surface area contributed by atoms with Crippen LogP contribution in [0.2, 0.25) is 0 Å².